The maximum Gasteiger partial charge on any atom is 0.229 e. The fourth-order valence-corrected chi connectivity index (χ4v) is 2.14. The Morgan fingerprint density at radius 1 is 0.824 bits per heavy atom. The lowest BCUT2D eigenvalue weighted by atomic mass is 10.1. The van der Waals surface area contributed by atoms with Gasteiger partial charge in [0.05, 0.1) is 6.26 Å². The highest BCUT2D eigenvalue weighted by Crippen LogP contribution is 2.21. The van der Waals surface area contributed by atoms with E-state index < -0.39 is 10.0 Å². The summed E-state index contributed by atoms with van der Waals surface area (Å²) in [4.78, 5) is 0. The van der Waals surface area contributed by atoms with Gasteiger partial charge in [0.1, 0.15) is 0 Å². The predicted molar refractivity (Wildman–Crippen MR) is 70.3 cm³/mol. The van der Waals surface area contributed by atoms with Crippen molar-refractivity contribution in [1.82, 2.24) is 0 Å². The van der Waals surface area contributed by atoms with E-state index >= 15 is 0 Å². The smallest absolute Gasteiger partial charge is 0.229 e. The zero-order chi connectivity index (χ0) is 12.3. The van der Waals surface area contributed by atoms with Crippen molar-refractivity contribution in [3.63, 3.8) is 0 Å². The molecule has 2 aromatic carbocycles. The van der Waals surface area contributed by atoms with Crippen LogP contribution in [-0.4, -0.2) is 14.7 Å². The molecule has 0 radical (unpaired) electrons. The van der Waals surface area contributed by atoms with Crippen molar-refractivity contribution >= 4 is 15.7 Å². The van der Waals surface area contributed by atoms with E-state index in [1.54, 1.807) is 12.1 Å². The first-order valence-electron chi connectivity index (χ1n) is 5.18. The highest BCUT2D eigenvalue weighted by Gasteiger charge is 2.02. The minimum absolute atomic E-state index is 0.576. The molecule has 0 aliphatic carbocycles. The van der Waals surface area contributed by atoms with Crippen LogP contribution in [0.25, 0.3) is 11.1 Å². The lowest BCUT2D eigenvalue weighted by molar-refractivity contribution is 0.607. The molecule has 0 aliphatic rings. The molecule has 0 saturated carbocycles. The van der Waals surface area contributed by atoms with Crippen LogP contribution < -0.4 is 4.72 Å². The number of benzene rings is 2. The lowest BCUT2D eigenvalue weighted by Gasteiger charge is -2.05. The summed E-state index contributed by atoms with van der Waals surface area (Å²) in [5.41, 5.74) is 2.75. The molecule has 1 N–H and O–H groups in total. The average molecular weight is 247 g/mol. The Labute approximate surface area is 101 Å². The van der Waals surface area contributed by atoms with Gasteiger partial charge in [-0.2, -0.15) is 0 Å². The van der Waals surface area contributed by atoms with Crippen molar-refractivity contribution in [3.8, 4) is 11.1 Å². The maximum absolute atomic E-state index is 11.0. The van der Waals surface area contributed by atoms with Gasteiger partial charge >= 0.3 is 0 Å². The molecule has 0 fully saturated rings. The van der Waals surface area contributed by atoms with Gasteiger partial charge in [0.2, 0.25) is 10.0 Å². The molecule has 88 valence electrons. The summed E-state index contributed by atoms with van der Waals surface area (Å²) < 4.78 is 24.5. The zero-order valence-corrected chi connectivity index (χ0v) is 10.2. The summed E-state index contributed by atoms with van der Waals surface area (Å²) >= 11 is 0. The van der Waals surface area contributed by atoms with Crippen LogP contribution >= 0.6 is 0 Å². The predicted octanol–water partition coefficient (Wildman–Crippen LogP) is 2.73. The molecule has 0 amide bonds. The van der Waals surface area contributed by atoms with Crippen molar-refractivity contribution in [3.05, 3.63) is 54.6 Å². The van der Waals surface area contributed by atoms with Crippen LogP contribution in [0.1, 0.15) is 0 Å². The second-order valence-electron chi connectivity index (χ2n) is 3.82. The van der Waals surface area contributed by atoms with E-state index in [2.05, 4.69) is 4.72 Å². The fourth-order valence-electron chi connectivity index (χ4n) is 1.58. The molecule has 2 aromatic rings. The molecule has 0 heterocycles. The summed E-state index contributed by atoms with van der Waals surface area (Å²) in [6.07, 6.45) is 1.14. The number of sulfonamides is 1. The van der Waals surface area contributed by atoms with Gasteiger partial charge in [-0.3, -0.25) is 4.72 Å². The van der Waals surface area contributed by atoms with Crippen LogP contribution in [0.3, 0.4) is 0 Å². The van der Waals surface area contributed by atoms with E-state index in [-0.39, 0.29) is 0 Å². The van der Waals surface area contributed by atoms with Gasteiger partial charge < -0.3 is 0 Å². The van der Waals surface area contributed by atoms with Crippen molar-refractivity contribution in [2.24, 2.45) is 0 Å². The molecular formula is C13H13NO2S. The molecule has 0 aliphatic heterocycles. The van der Waals surface area contributed by atoms with Crippen LogP contribution in [-0.2, 0) is 10.0 Å². The van der Waals surface area contributed by atoms with Crippen molar-refractivity contribution in [1.29, 1.82) is 0 Å². The first-order valence-corrected chi connectivity index (χ1v) is 7.07. The Balaban J connectivity index is 2.25. The summed E-state index contributed by atoms with van der Waals surface area (Å²) in [5, 5.41) is 0. The lowest BCUT2D eigenvalue weighted by Crippen LogP contribution is -2.09. The van der Waals surface area contributed by atoms with Crippen LogP contribution in [0.15, 0.2) is 54.6 Å². The van der Waals surface area contributed by atoms with Crippen molar-refractivity contribution in [2.45, 2.75) is 0 Å². The summed E-state index contributed by atoms with van der Waals surface area (Å²) in [5.74, 6) is 0. The van der Waals surface area contributed by atoms with Crippen LogP contribution in [0.4, 0.5) is 5.69 Å². The molecule has 0 atom stereocenters. The standard InChI is InChI=1S/C13H13NO2S/c1-17(15,16)14-13-9-7-12(8-10-13)11-5-3-2-4-6-11/h2-10,14H,1H3. The van der Waals surface area contributed by atoms with E-state index in [1.165, 1.54) is 0 Å². The SMILES string of the molecule is CS(=O)(=O)Nc1ccc(-c2ccccc2)cc1. The van der Waals surface area contributed by atoms with E-state index in [9.17, 15) is 8.42 Å². The first kappa shape index (κ1) is 11.7. The largest absolute Gasteiger partial charge is 0.284 e. The van der Waals surface area contributed by atoms with Gasteiger partial charge in [-0.15, -0.1) is 0 Å². The Bertz CT molecular complexity index is 589. The number of hydrogen-bond donors (Lipinski definition) is 1. The minimum atomic E-state index is -3.20. The third kappa shape index (κ3) is 3.32. The average Bonchev–Trinajstić information content (AvgIpc) is 2.29. The quantitative estimate of drug-likeness (QED) is 0.906. The van der Waals surface area contributed by atoms with Gasteiger partial charge in [0.15, 0.2) is 0 Å². The van der Waals surface area contributed by atoms with Gasteiger partial charge in [0, 0.05) is 5.69 Å². The molecule has 0 unspecified atom stereocenters. The molecule has 3 nitrogen and oxygen atoms in total. The maximum atomic E-state index is 11.0. The molecule has 0 saturated heterocycles. The Kier molecular flexibility index (Phi) is 3.15. The molecule has 17 heavy (non-hydrogen) atoms. The second-order valence-corrected chi connectivity index (χ2v) is 5.57. The summed E-state index contributed by atoms with van der Waals surface area (Å²) in [7, 11) is -3.20. The van der Waals surface area contributed by atoms with Crippen molar-refractivity contribution < 1.29 is 8.42 Å². The van der Waals surface area contributed by atoms with Gasteiger partial charge in [-0.05, 0) is 23.3 Å². The number of rotatable bonds is 3. The Hall–Kier alpha value is -1.81. The molecule has 4 heteroatoms. The Morgan fingerprint density at radius 3 is 1.88 bits per heavy atom. The second kappa shape index (κ2) is 4.59. The highest BCUT2D eigenvalue weighted by atomic mass is 32.2. The number of nitrogens with one attached hydrogen (secondary N) is 1. The summed E-state index contributed by atoms with van der Waals surface area (Å²) in [6.45, 7) is 0. The molecule has 0 bridgehead atoms. The Morgan fingerprint density at radius 2 is 1.35 bits per heavy atom. The van der Waals surface area contributed by atoms with Crippen molar-refractivity contribution in [2.75, 3.05) is 11.0 Å². The first-order chi connectivity index (χ1) is 8.04. The van der Waals surface area contributed by atoms with E-state index in [4.69, 9.17) is 0 Å². The molecular weight excluding hydrogens is 234 g/mol. The van der Waals surface area contributed by atoms with E-state index in [0.717, 1.165) is 17.4 Å². The topological polar surface area (TPSA) is 46.2 Å². The highest BCUT2D eigenvalue weighted by molar-refractivity contribution is 7.92. The van der Waals surface area contributed by atoms with Gasteiger partial charge in [-0.1, -0.05) is 42.5 Å². The van der Waals surface area contributed by atoms with E-state index in [1.807, 2.05) is 42.5 Å². The zero-order valence-electron chi connectivity index (χ0n) is 9.42. The molecule has 2 rings (SSSR count). The fraction of sp³-hybridized carbons (Fsp3) is 0.0769. The third-order valence-corrected chi connectivity index (χ3v) is 2.90. The van der Waals surface area contributed by atoms with Gasteiger partial charge in [-0.25, -0.2) is 8.42 Å². The minimum Gasteiger partial charge on any atom is -0.284 e. The molecule has 0 aromatic heterocycles. The molecule has 0 spiro atoms. The van der Waals surface area contributed by atoms with Gasteiger partial charge in [0.25, 0.3) is 0 Å². The van der Waals surface area contributed by atoms with Crippen LogP contribution in [0.5, 0.6) is 0 Å². The monoisotopic (exact) mass is 247 g/mol. The van der Waals surface area contributed by atoms with E-state index in [0.29, 0.717) is 5.69 Å². The number of anilines is 1. The number of hydrogen-bond acceptors (Lipinski definition) is 2. The normalized spacial score (nSPS) is 11.1. The third-order valence-electron chi connectivity index (χ3n) is 2.30. The summed E-state index contributed by atoms with van der Waals surface area (Å²) in [6, 6.07) is 17.2. The van der Waals surface area contributed by atoms with Crippen LogP contribution in [0, 0.1) is 0 Å². The van der Waals surface area contributed by atoms with Crippen LogP contribution in [0.2, 0.25) is 0 Å².